The van der Waals surface area contributed by atoms with Gasteiger partial charge in [0.05, 0.1) is 7.11 Å². The van der Waals surface area contributed by atoms with Crippen LogP contribution in [0.1, 0.15) is 18.9 Å². The molecule has 4 heteroatoms. The first-order chi connectivity index (χ1) is 10.6. The van der Waals surface area contributed by atoms with E-state index in [0.717, 1.165) is 0 Å². The third kappa shape index (κ3) is 2.10. The molecule has 0 aliphatic heterocycles. The number of fused-ring (bicyclic) bond motifs is 3. The lowest BCUT2D eigenvalue weighted by Gasteiger charge is -2.12. The van der Waals surface area contributed by atoms with E-state index in [4.69, 9.17) is 4.74 Å². The zero-order chi connectivity index (χ0) is 15.9. The van der Waals surface area contributed by atoms with Crippen molar-refractivity contribution in [2.24, 2.45) is 0 Å². The first-order valence-electron chi connectivity index (χ1n) is 7.14. The van der Waals surface area contributed by atoms with Gasteiger partial charge in [-0.1, -0.05) is 31.5 Å². The van der Waals surface area contributed by atoms with Crippen molar-refractivity contribution >= 4 is 21.5 Å². The zero-order valence-corrected chi connectivity index (χ0v) is 12.3. The van der Waals surface area contributed by atoms with Crippen LogP contribution in [0.15, 0.2) is 30.3 Å². The van der Waals surface area contributed by atoms with Gasteiger partial charge in [0.25, 0.3) is 0 Å². The second-order valence-corrected chi connectivity index (χ2v) is 5.26. The summed E-state index contributed by atoms with van der Waals surface area (Å²) in [6, 6.07) is 8.09. The highest BCUT2D eigenvalue weighted by atomic mass is 19.2. The van der Waals surface area contributed by atoms with Crippen molar-refractivity contribution in [3.8, 4) is 5.75 Å². The van der Waals surface area contributed by atoms with Crippen molar-refractivity contribution in [2.75, 3.05) is 7.11 Å². The highest BCUT2D eigenvalue weighted by molar-refractivity contribution is 6.08. The van der Waals surface area contributed by atoms with Gasteiger partial charge in [-0.05, 0) is 34.9 Å². The Bertz CT molecular complexity index is 871. The molecule has 0 unspecified atom stereocenters. The summed E-state index contributed by atoms with van der Waals surface area (Å²) in [6.45, 7) is 1.90. The van der Waals surface area contributed by atoms with E-state index in [1.54, 1.807) is 24.3 Å². The molecule has 0 aromatic heterocycles. The van der Waals surface area contributed by atoms with E-state index in [9.17, 15) is 13.2 Å². The predicted octanol–water partition coefficient (Wildman–Crippen LogP) is 5.37. The molecule has 3 aromatic carbocycles. The number of hydrogen-bond acceptors (Lipinski definition) is 1. The van der Waals surface area contributed by atoms with Gasteiger partial charge in [-0.3, -0.25) is 0 Å². The van der Waals surface area contributed by atoms with Gasteiger partial charge in [0.2, 0.25) is 0 Å². The molecule has 0 amide bonds. The van der Waals surface area contributed by atoms with E-state index in [2.05, 4.69) is 0 Å². The van der Waals surface area contributed by atoms with Crippen LogP contribution in [-0.2, 0) is 6.42 Å². The number of benzene rings is 3. The van der Waals surface area contributed by atoms with E-state index in [1.807, 2.05) is 6.92 Å². The summed E-state index contributed by atoms with van der Waals surface area (Å²) in [7, 11) is 1.34. The lowest BCUT2D eigenvalue weighted by atomic mass is 9.97. The summed E-state index contributed by atoms with van der Waals surface area (Å²) in [6.07, 6.45) is 1.15. The van der Waals surface area contributed by atoms with Gasteiger partial charge in [0.1, 0.15) is 0 Å². The monoisotopic (exact) mass is 304 g/mol. The molecule has 1 nitrogen and oxygen atoms in total. The lowest BCUT2D eigenvalue weighted by molar-refractivity contribution is 0.389. The summed E-state index contributed by atoms with van der Waals surface area (Å²) in [5.41, 5.74) is 0.315. The molecular weight excluding hydrogens is 289 g/mol. The fourth-order valence-electron chi connectivity index (χ4n) is 2.84. The topological polar surface area (TPSA) is 9.23 Å². The van der Waals surface area contributed by atoms with Crippen molar-refractivity contribution < 1.29 is 17.9 Å². The van der Waals surface area contributed by atoms with Crippen LogP contribution in [0.2, 0.25) is 0 Å². The first-order valence-corrected chi connectivity index (χ1v) is 7.14. The molecule has 0 atom stereocenters. The number of aryl methyl sites for hydroxylation is 1. The third-order valence-corrected chi connectivity index (χ3v) is 3.88. The summed E-state index contributed by atoms with van der Waals surface area (Å²) in [4.78, 5) is 0. The molecule has 0 heterocycles. The molecule has 22 heavy (non-hydrogen) atoms. The van der Waals surface area contributed by atoms with Crippen LogP contribution in [0.4, 0.5) is 13.2 Å². The van der Waals surface area contributed by atoms with Crippen molar-refractivity contribution in [3.63, 3.8) is 0 Å². The van der Waals surface area contributed by atoms with Gasteiger partial charge in [-0.25, -0.2) is 13.2 Å². The molecule has 3 rings (SSSR count). The molecule has 0 aliphatic rings. The van der Waals surface area contributed by atoms with E-state index in [-0.39, 0.29) is 16.5 Å². The number of methoxy groups -OCH3 is 1. The number of rotatable bonds is 3. The quantitative estimate of drug-likeness (QED) is 0.591. The fourth-order valence-corrected chi connectivity index (χ4v) is 2.84. The lowest BCUT2D eigenvalue weighted by Crippen LogP contribution is -1.98. The molecule has 0 fully saturated rings. The second-order valence-electron chi connectivity index (χ2n) is 5.26. The molecule has 114 valence electrons. The molecular formula is C18H15F3O. The smallest absolute Gasteiger partial charge is 0.173 e. The normalized spacial score (nSPS) is 11.3. The molecule has 0 saturated carbocycles. The number of ether oxygens (including phenoxy) is 1. The summed E-state index contributed by atoms with van der Waals surface area (Å²) >= 11 is 0. The van der Waals surface area contributed by atoms with E-state index in [0.29, 0.717) is 29.2 Å². The summed E-state index contributed by atoms with van der Waals surface area (Å²) in [5, 5.41) is 1.01. The van der Waals surface area contributed by atoms with Gasteiger partial charge >= 0.3 is 0 Å². The molecule has 0 spiro atoms. The highest BCUT2D eigenvalue weighted by Crippen LogP contribution is 2.35. The third-order valence-electron chi connectivity index (χ3n) is 3.88. The minimum Gasteiger partial charge on any atom is -0.494 e. The average molecular weight is 304 g/mol. The van der Waals surface area contributed by atoms with Crippen LogP contribution in [0.25, 0.3) is 21.5 Å². The van der Waals surface area contributed by atoms with Gasteiger partial charge in [-0.15, -0.1) is 0 Å². The van der Waals surface area contributed by atoms with E-state index in [1.165, 1.54) is 13.2 Å². The largest absolute Gasteiger partial charge is 0.494 e. The predicted molar refractivity (Wildman–Crippen MR) is 81.9 cm³/mol. The van der Waals surface area contributed by atoms with Crippen molar-refractivity contribution in [3.05, 3.63) is 53.3 Å². The fraction of sp³-hybridized carbons (Fsp3) is 0.222. The minimum atomic E-state index is -1.00. The van der Waals surface area contributed by atoms with Crippen LogP contribution < -0.4 is 4.74 Å². The molecule has 0 bridgehead atoms. The molecule has 0 N–H and O–H groups in total. The SMILES string of the molecule is CCCc1cc2ccc3ccc(OC)c(F)c3c2c(F)c1F. The minimum absolute atomic E-state index is 0.0115. The van der Waals surface area contributed by atoms with Crippen LogP contribution >= 0.6 is 0 Å². The Morgan fingerprint density at radius 1 is 0.864 bits per heavy atom. The molecule has 0 radical (unpaired) electrons. The maximum atomic E-state index is 14.5. The van der Waals surface area contributed by atoms with Gasteiger partial charge in [-0.2, -0.15) is 0 Å². The van der Waals surface area contributed by atoms with Gasteiger partial charge in [0, 0.05) is 10.8 Å². The average Bonchev–Trinajstić information content (AvgIpc) is 2.52. The summed E-state index contributed by atoms with van der Waals surface area (Å²) < 4.78 is 48.3. The van der Waals surface area contributed by atoms with E-state index >= 15 is 0 Å². The standard InChI is InChI=1S/C18H15F3O/c1-3-4-12-9-11-6-5-10-7-8-13(22-2)17(20)14(10)15(11)18(21)16(12)19/h5-9H,3-4H2,1-2H3. The van der Waals surface area contributed by atoms with Crippen LogP contribution in [0.3, 0.4) is 0 Å². The Morgan fingerprint density at radius 2 is 1.50 bits per heavy atom. The Kier molecular flexibility index (Phi) is 3.69. The first kappa shape index (κ1) is 14.7. The van der Waals surface area contributed by atoms with Crippen LogP contribution in [0.5, 0.6) is 5.75 Å². The Balaban J connectivity index is 2.48. The highest BCUT2D eigenvalue weighted by Gasteiger charge is 2.18. The van der Waals surface area contributed by atoms with Crippen LogP contribution in [-0.4, -0.2) is 7.11 Å². The maximum Gasteiger partial charge on any atom is 0.173 e. The van der Waals surface area contributed by atoms with Crippen molar-refractivity contribution in [2.45, 2.75) is 19.8 Å². The second kappa shape index (κ2) is 5.52. The Morgan fingerprint density at radius 3 is 2.18 bits per heavy atom. The van der Waals surface area contributed by atoms with Crippen molar-refractivity contribution in [1.82, 2.24) is 0 Å². The van der Waals surface area contributed by atoms with Crippen LogP contribution in [0, 0.1) is 17.5 Å². The van der Waals surface area contributed by atoms with E-state index < -0.39 is 17.5 Å². The maximum absolute atomic E-state index is 14.5. The van der Waals surface area contributed by atoms with Crippen molar-refractivity contribution in [1.29, 1.82) is 0 Å². The van der Waals surface area contributed by atoms with Gasteiger partial charge in [0.15, 0.2) is 23.2 Å². The zero-order valence-electron chi connectivity index (χ0n) is 12.3. The number of hydrogen-bond donors (Lipinski definition) is 0. The molecule has 3 aromatic rings. The molecule has 0 saturated heterocycles. The van der Waals surface area contributed by atoms with Gasteiger partial charge < -0.3 is 4.74 Å². The summed E-state index contributed by atoms with van der Waals surface area (Å²) in [5.74, 6) is -2.56. The molecule has 0 aliphatic carbocycles. The Labute approximate surface area is 126 Å². The number of halogens is 3. The Hall–Kier alpha value is -2.23.